The third-order valence-electron chi connectivity index (χ3n) is 9.08. The maximum Gasteiger partial charge on any atom is 0.410 e. The Morgan fingerprint density at radius 1 is 0.692 bits per heavy atom. The number of para-hydroxylation sites is 1. The summed E-state index contributed by atoms with van der Waals surface area (Å²) in [6.45, 7) is 7.09. The molecule has 0 radical (unpaired) electrons. The molecule has 0 bridgehead atoms. The van der Waals surface area contributed by atoms with Crippen LogP contribution in [0, 0.1) is 0 Å². The first-order valence-electron chi connectivity index (χ1n) is 18.1. The summed E-state index contributed by atoms with van der Waals surface area (Å²) in [7, 11) is 0. The smallest absolute Gasteiger partial charge is 0.410 e. The number of hydrogen-bond donors (Lipinski definition) is 1. The molecule has 8 nitrogen and oxygen atoms in total. The van der Waals surface area contributed by atoms with E-state index in [9.17, 15) is 9.59 Å². The van der Waals surface area contributed by atoms with E-state index in [1.807, 2.05) is 92.4 Å². The summed E-state index contributed by atoms with van der Waals surface area (Å²) < 4.78 is 11.7. The van der Waals surface area contributed by atoms with Crippen LogP contribution in [0.25, 0.3) is 11.1 Å². The summed E-state index contributed by atoms with van der Waals surface area (Å²) in [6.07, 6.45) is 8.81. The minimum absolute atomic E-state index is 0.204. The minimum atomic E-state index is -0.537. The van der Waals surface area contributed by atoms with Crippen LogP contribution in [0.15, 0.2) is 128 Å². The van der Waals surface area contributed by atoms with Crippen molar-refractivity contribution >= 4 is 17.8 Å². The number of rotatable bonds is 11. The molecule has 1 heterocycles. The number of urea groups is 1. The molecule has 1 N–H and O–H groups in total. The molecule has 8 heteroatoms. The van der Waals surface area contributed by atoms with Gasteiger partial charge < -0.3 is 24.6 Å². The lowest BCUT2D eigenvalue weighted by molar-refractivity contribution is 0.00988. The zero-order valence-corrected chi connectivity index (χ0v) is 30.3. The SMILES string of the molecule is CC(C)(C)OC(=O)N(Cc1ccc(-c2ccc(CN(Cc3cccnc3)C(=O)Nc3ccc(Oc4ccccc4)cc3)cc2)cc1)C1CCCCC1. The second kappa shape index (κ2) is 17.1. The van der Waals surface area contributed by atoms with Crippen molar-refractivity contribution in [2.24, 2.45) is 0 Å². The quantitative estimate of drug-likeness (QED) is 0.149. The van der Waals surface area contributed by atoms with Crippen LogP contribution >= 0.6 is 0 Å². The first-order valence-corrected chi connectivity index (χ1v) is 18.1. The van der Waals surface area contributed by atoms with Crippen LogP contribution in [-0.2, 0) is 24.4 Å². The van der Waals surface area contributed by atoms with E-state index in [2.05, 4.69) is 58.8 Å². The van der Waals surface area contributed by atoms with Gasteiger partial charge in [0.1, 0.15) is 17.1 Å². The largest absolute Gasteiger partial charge is 0.457 e. The maximum atomic E-state index is 13.6. The molecule has 0 spiro atoms. The van der Waals surface area contributed by atoms with Gasteiger partial charge in [0.15, 0.2) is 0 Å². The molecule has 0 saturated heterocycles. The lowest BCUT2D eigenvalue weighted by Crippen LogP contribution is -2.43. The van der Waals surface area contributed by atoms with Crippen LogP contribution in [0.1, 0.15) is 69.6 Å². The van der Waals surface area contributed by atoms with Gasteiger partial charge in [0.2, 0.25) is 0 Å². The fourth-order valence-corrected chi connectivity index (χ4v) is 6.42. The maximum absolute atomic E-state index is 13.6. The fourth-order valence-electron chi connectivity index (χ4n) is 6.42. The van der Waals surface area contributed by atoms with Crippen molar-refractivity contribution in [2.45, 2.75) is 84.2 Å². The monoisotopic (exact) mass is 696 g/mol. The predicted octanol–water partition coefficient (Wildman–Crippen LogP) is 10.8. The molecule has 0 aliphatic heterocycles. The van der Waals surface area contributed by atoms with Gasteiger partial charge in [-0.1, -0.05) is 92.1 Å². The van der Waals surface area contributed by atoms with Crippen LogP contribution in [0.3, 0.4) is 0 Å². The number of carbonyl (C=O) groups is 2. The van der Waals surface area contributed by atoms with E-state index in [4.69, 9.17) is 9.47 Å². The second-order valence-corrected chi connectivity index (χ2v) is 14.4. The number of anilines is 1. The van der Waals surface area contributed by atoms with E-state index in [0.717, 1.165) is 59.3 Å². The predicted molar refractivity (Wildman–Crippen MR) is 206 cm³/mol. The third-order valence-corrected chi connectivity index (χ3v) is 9.08. The summed E-state index contributed by atoms with van der Waals surface area (Å²) in [6, 6.07) is 37.5. The number of carbonyl (C=O) groups excluding carboxylic acids is 2. The highest BCUT2D eigenvalue weighted by Crippen LogP contribution is 2.28. The number of aromatic nitrogens is 1. The normalized spacial score (nSPS) is 13.2. The molecule has 1 aliphatic carbocycles. The highest BCUT2D eigenvalue weighted by Gasteiger charge is 2.29. The molecule has 3 amide bonds. The molecule has 4 aromatic carbocycles. The van der Waals surface area contributed by atoms with Crippen LogP contribution in [0.5, 0.6) is 11.5 Å². The summed E-state index contributed by atoms with van der Waals surface area (Å²) >= 11 is 0. The van der Waals surface area contributed by atoms with Gasteiger partial charge in [-0.25, -0.2) is 9.59 Å². The van der Waals surface area contributed by atoms with Gasteiger partial charge in [-0.3, -0.25) is 4.98 Å². The molecular formula is C44H48N4O4. The first kappa shape index (κ1) is 36.2. The van der Waals surface area contributed by atoms with E-state index in [1.54, 1.807) is 17.3 Å². The van der Waals surface area contributed by atoms with Crippen molar-refractivity contribution in [2.75, 3.05) is 5.32 Å². The van der Waals surface area contributed by atoms with Crippen molar-refractivity contribution in [3.05, 3.63) is 144 Å². The number of ether oxygens (including phenoxy) is 2. The molecule has 1 aromatic heterocycles. The van der Waals surface area contributed by atoms with Gasteiger partial charge in [0, 0.05) is 43.8 Å². The zero-order valence-electron chi connectivity index (χ0n) is 30.3. The van der Waals surface area contributed by atoms with E-state index < -0.39 is 5.60 Å². The van der Waals surface area contributed by atoms with E-state index in [-0.39, 0.29) is 18.2 Å². The average Bonchev–Trinajstić information content (AvgIpc) is 3.15. The number of benzene rings is 4. The number of hydrogen-bond acceptors (Lipinski definition) is 5. The van der Waals surface area contributed by atoms with Crippen LogP contribution in [0.4, 0.5) is 15.3 Å². The highest BCUT2D eigenvalue weighted by molar-refractivity contribution is 5.89. The summed E-state index contributed by atoms with van der Waals surface area (Å²) in [5.41, 5.74) is 5.32. The number of nitrogens with zero attached hydrogens (tertiary/aromatic N) is 3. The Balaban J connectivity index is 1.11. The zero-order chi connectivity index (χ0) is 36.3. The molecule has 6 rings (SSSR count). The Hall–Kier alpha value is -5.63. The third kappa shape index (κ3) is 10.4. The Labute approximate surface area is 307 Å². The Bertz CT molecular complexity index is 1870. The van der Waals surface area contributed by atoms with Crippen LogP contribution in [-0.4, -0.2) is 38.6 Å². The first-order chi connectivity index (χ1) is 25.2. The molecule has 5 aromatic rings. The number of amides is 3. The van der Waals surface area contributed by atoms with Gasteiger partial charge in [-0.2, -0.15) is 0 Å². The van der Waals surface area contributed by atoms with Gasteiger partial charge in [-0.05, 0) is 104 Å². The molecule has 52 heavy (non-hydrogen) atoms. The van der Waals surface area contributed by atoms with Crippen molar-refractivity contribution in [1.29, 1.82) is 0 Å². The minimum Gasteiger partial charge on any atom is -0.457 e. The fraction of sp³-hybridized carbons (Fsp3) is 0.295. The molecule has 268 valence electrons. The summed E-state index contributed by atoms with van der Waals surface area (Å²) in [4.78, 5) is 34.8. The topological polar surface area (TPSA) is 84.0 Å². The van der Waals surface area contributed by atoms with Gasteiger partial charge >= 0.3 is 12.1 Å². The Morgan fingerprint density at radius 2 is 1.29 bits per heavy atom. The Morgan fingerprint density at radius 3 is 1.88 bits per heavy atom. The summed E-state index contributed by atoms with van der Waals surface area (Å²) in [5, 5.41) is 3.05. The average molecular weight is 697 g/mol. The number of pyridine rings is 1. The second-order valence-electron chi connectivity index (χ2n) is 14.4. The number of nitrogens with one attached hydrogen (secondary N) is 1. The summed E-state index contributed by atoms with van der Waals surface area (Å²) in [5.74, 6) is 1.44. The van der Waals surface area contributed by atoms with Crippen molar-refractivity contribution in [1.82, 2.24) is 14.8 Å². The lowest BCUT2D eigenvalue weighted by atomic mass is 9.94. The molecule has 1 fully saturated rings. The van der Waals surface area contributed by atoms with Crippen LogP contribution in [0.2, 0.25) is 0 Å². The molecule has 0 unspecified atom stereocenters. The van der Waals surface area contributed by atoms with Crippen molar-refractivity contribution < 1.29 is 19.1 Å². The lowest BCUT2D eigenvalue weighted by Gasteiger charge is -2.35. The van der Waals surface area contributed by atoms with Gasteiger partial charge in [0.25, 0.3) is 0 Å². The standard InChI is InChI=1S/C44H48N4O4/c1-44(2,3)52-43(50)48(39-12-6-4-7-13-39)32-34-18-22-37(23-19-34)36-20-16-33(17-21-36)30-47(31-35-11-10-28-45-29-35)42(49)46-38-24-26-41(27-25-38)51-40-14-8-5-9-15-40/h5,8-11,14-29,39H,4,6-7,12-13,30-32H2,1-3H3,(H,46,49). The molecule has 0 atom stereocenters. The van der Waals surface area contributed by atoms with Gasteiger partial charge in [-0.15, -0.1) is 0 Å². The highest BCUT2D eigenvalue weighted by atomic mass is 16.6. The Kier molecular flexibility index (Phi) is 11.9. The van der Waals surface area contributed by atoms with E-state index in [1.165, 1.54) is 6.42 Å². The van der Waals surface area contributed by atoms with E-state index >= 15 is 0 Å². The van der Waals surface area contributed by atoms with Crippen LogP contribution < -0.4 is 10.1 Å². The van der Waals surface area contributed by atoms with Crippen molar-refractivity contribution in [3.8, 4) is 22.6 Å². The molecule has 1 saturated carbocycles. The van der Waals surface area contributed by atoms with Gasteiger partial charge in [0.05, 0.1) is 0 Å². The van der Waals surface area contributed by atoms with E-state index in [0.29, 0.717) is 31.1 Å². The molecule has 1 aliphatic rings. The van der Waals surface area contributed by atoms with Crippen molar-refractivity contribution in [3.63, 3.8) is 0 Å². The molecular weight excluding hydrogens is 649 g/mol.